The van der Waals surface area contributed by atoms with Crippen molar-refractivity contribution >= 4 is 5.91 Å². The second-order valence-corrected chi connectivity index (χ2v) is 4.93. The Morgan fingerprint density at radius 2 is 2.24 bits per heavy atom. The summed E-state index contributed by atoms with van der Waals surface area (Å²) in [6.45, 7) is 2.43. The van der Waals surface area contributed by atoms with Gasteiger partial charge in [-0.2, -0.15) is 5.10 Å². The van der Waals surface area contributed by atoms with E-state index in [0.29, 0.717) is 43.1 Å². The van der Waals surface area contributed by atoms with Gasteiger partial charge in [0, 0.05) is 25.3 Å². The zero-order chi connectivity index (χ0) is 14.7. The molecule has 0 spiro atoms. The van der Waals surface area contributed by atoms with Gasteiger partial charge in [0.2, 0.25) is 0 Å². The topological polar surface area (TPSA) is 58.2 Å². The number of aromatic amines is 1. The van der Waals surface area contributed by atoms with Crippen LogP contribution in [0.25, 0.3) is 11.3 Å². The quantitative estimate of drug-likeness (QED) is 0.921. The lowest BCUT2D eigenvalue weighted by Gasteiger charge is -2.19. The summed E-state index contributed by atoms with van der Waals surface area (Å²) < 4.78 is 18.7. The first-order chi connectivity index (χ1) is 10.3. The molecule has 0 bridgehead atoms. The molecule has 2 aromatic rings. The maximum Gasteiger partial charge on any atom is 0.257 e. The van der Waals surface area contributed by atoms with E-state index in [1.54, 1.807) is 17.0 Å². The molecule has 1 fully saturated rings. The first kappa shape index (κ1) is 13.8. The van der Waals surface area contributed by atoms with Crippen molar-refractivity contribution in [1.29, 1.82) is 0 Å². The molecule has 0 radical (unpaired) electrons. The van der Waals surface area contributed by atoms with E-state index in [0.717, 1.165) is 6.42 Å². The maximum absolute atomic E-state index is 13.4. The molecule has 1 amide bonds. The molecular weight excluding hydrogens is 273 g/mol. The van der Waals surface area contributed by atoms with E-state index in [2.05, 4.69) is 10.2 Å². The summed E-state index contributed by atoms with van der Waals surface area (Å²) in [4.78, 5) is 14.4. The maximum atomic E-state index is 13.4. The summed E-state index contributed by atoms with van der Waals surface area (Å²) in [5, 5.41) is 6.73. The van der Waals surface area contributed by atoms with Crippen molar-refractivity contribution in [2.75, 3.05) is 26.3 Å². The van der Waals surface area contributed by atoms with Gasteiger partial charge in [0.15, 0.2) is 0 Å². The van der Waals surface area contributed by atoms with Crippen LogP contribution in [0.4, 0.5) is 4.39 Å². The third kappa shape index (κ3) is 2.95. The Labute approximate surface area is 121 Å². The molecule has 1 N–H and O–H groups in total. The van der Waals surface area contributed by atoms with Crippen LogP contribution >= 0.6 is 0 Å². The number of carbonyl (C=O) groups is 1. The van der Waals surface area contributed by atoms with E-state index < -0.39 is 0 Å². The van der Waals surface area contributed by atoms with Gasteiger partial charge in [0.1, 0.15) is 5.82 Å². The number of nitrogens with zero attached hydrogens (tertiary/aromatic N) is 2. The largest absolute Gasteiger partial charge is 0.380 e. The van der Waals surface area contributed by atoms with E-state index in [4.69, 9.17) is 4.74 Å². The number of ether oxygens (including phenoxy) is 1. The van der Waals surface area contributed by atoms with Crippen LogP contribution in [0.1, 0.15) is 16.8 Å². The van der Waals surface area contributed by atoms with E-state index in [1.165, 1.54) is 18.3 Å². The first-order valence-corrected chi connectivity index (χ1v) is 6.92. The van der Waals surface area contributed by atoms with Crippen molar-refractivity contribution in [1.82, 2.24) is 15.1 Å². The van der Waals surface area contributed by atoms with E-state index in [1.807, 2.05) is 0 Å². The van der Waals surface area contributed by atoms with Crippen LogP contribution in [0.15, 0.2) is 30.5 Å². The van der Waals surface area contributed by atoms with Gasteiger partial charge in [-0.3, -0.25) is 9.89 Å². The summed E-state index contributed by atoms with van der Waals surface area (Å²) in [6.07, 6.45) is 2.31. The average Bonchev–Trinajstić information content (AvgIpc) is 2.82. The molecule has 5 nitrogen and oxygen atoms in total. The normalized spacial score (nSPS) is 15.8. The molecule has 1 saturated heterocycles. The number of rotatable bonds is 2. The molecular formula is C15H16FN3O2. The summed E-state index contributed by atoms with van der Waals surface area (Å²) in [5.41, 5.74) is 1.62. The molecule has 0 aliphatic carbocycles. The van der Waals surface area contributed by atoms with Gasteiger partial charge in [-0.05, 0) is 18.6 Å². The lowest BCUT2D eigenvalue weighted by atomic mass is 10.1. The van der Waals surface area contributed by atoms with E-state index in [-0.39, 0.29) is 11.7 Å². The number of carbonyl (C=O) groups excluding carboxylic acids is 1. The van der Waals surface area contributed by atoms with Gasteiger partial charge in [0.05, 0.1) is 24.1 Å². The molecule has 21 heavy (non-hydrogen) atoms. The SMILES string of the molecule is O=C(c1cn[nH]c1-c1cccc(F)c1)N1CCCOCC1. The monoisotopic (exact) mass is 289 g/mol. The number of aromatic nitrogens is 2. The third-order valence-corrected chi connectivity index (χ3v) is 3.49. The Morgan fingerprint density at radius 3 is 3.10 bits per heavy atom. The Balaban J connectivity index is 1.89. The first-order valence-electron chi connectivity index (χ1n) is 6.92. The Kier molecular flexibility index (Phi) is 3.96. The zero-order valence-electron chi connectivity index (χ0n) is 11.5. The molecule has 1 aliphatic heterocycles. The molecule has 1 aliphatic rings. The van der Waals surface area contributed by atoms with Crippen LogP contribution in [0, 0.1) is 5.82 Å². The summed E-state index contributed by atoms with van der Waals surface area (Å²) >= 11 is 0. The number of hydrogen-bond donors (Lipinski definition) is 1. The average molecular weight is 289 g/mol. The molecule has 0 saturated carbocycles. The number of benzene rings is 1. The molecule has 0 unspecified atom stereocenters. The van der Waals surface area contributed by atoms with Gasteiger partial charge in [-0.15, -0.1) is 0 Å². The molecule has 1 aromatic heterocycles. The fourth-order valence-electron chi connectivity index (χ4n) is 2.43. The van der Waals surface area contributed by atoms with Crippen molar-refractivity contribution in [3.8, 4) is 11.3 Å². The van der Waals surface area contributed by atoms with Gasteiger partial charge in [-0.1, -0.05) is 12.1 Å². The number of nitrogens with one attached hydrogen (secondary N) is 1. The highest BCUT2D eigenvalue weighted by Gasteiger charge is 2.22. The van der Waals surface area contributed by atoms with Crippen molar-refractivity contribution in [3.63, 3.8) is 0 Å². The van der Waals surface area contributed by atoms with Crippen molar-refractivity contribution in [2.24, 2.45) is 0 Å². The highest BCUT2D eigenvalue weighted by molar-refractivity contribution is 5.99. The lowest BCUT2D eigenvalue weighted by Crippen LogP contribution is -2.33. The number of amides is 1. The molecule has 3 rings (SSSR count). The van der Waals surface area contributed by atoms with Crippen LogP contribution in [0.2, 0.25) is 0 Å². The van der Waals surface area contributed by atoms with Gasteiger partial charge < -0.3 is 9.64 Å². The minimum Gasteiger partial charge on any atom is -0.380 e. The fraction of sp³-hybridized carbons (Fsp3) is 0.333. The molecule has 6 heteroatoms. The molecule has 1 aromatic carbocycles. The van der Waals surface area contributed by atoms with Crippen molar-refractivity contribution in [2.45, 2.75) is 6.42 Å². The number of halogens is 1. The smallest absolute Gasteiger partial charge is 0.257 e. The minimum absolute atomic E-state index is 0.103. The van der Waals surface area contributed by atoms with Crippen molar-refractivity contribution < 1.29 is 13.9 Å². The Morgan fingerprint density at radius 1 is 1.33 bits per heavy atom. The van der Waals surface area contributed by atoms with Crippen LogP contribution in [-0.4, -0.2) is 47.3 Å². The van der Waals surface area contributed by atoms with Crippen LogP contribution in [-0.2, 0) is 4.74 Å². The zero-order valence-corrected chi connectivity index (χ0v) is 11.5. The third-order valence-electron chi connectivity index (χ3n) is 3.49. The van der Waals surface area contributed by atoms with Crippen LogP contribution in [0.3, 0.4) is 0 Å². The Hall–Kier alpha value is -2.21. The van der Waals surface area contributed by atoms with Crippen molar-refractivity contribution in [3.05, 3.63) is 41.8 Å². The highest BCUT2D eigenvalue weighted by Crippen LogP contribution is 2.23. The van der Waals surface area contributed by atoms with Crippen LogP contribution < -0.4 is 0 Å². The molecule has 2 heterocycles. The van der Waals surface area contributed by atoms with E-state index in [9.17, 15) is 9.18 Å². The standard InChI is InChI=1S/C15H16FN3O2/c16-12-4-1-3-11(9-12)14-13(10-17-18-14)15(20)19-5-2-7-21-8-6-19/h1,3-4,9-10H,2,5-8H2,(H,17,18). The van der Waals surface area contributed by atoms with Gasteiger partial charge >= 0.3 is 0 Å². The number of H-pyrrole nitrogens is 1. The second kappa shape index (κ2) is 6.05. The predicted octanol–water partition coefficient (Wildman–Crippen LogP) is 2.08. The summed E-state index contributed by atoms with van der Waals surface area (Å²) in [6, 6.07) is 6.11. The Bertz CT molecular complexity index is 633. The minimum atomic E-state index is -0.344. The lowest BCUT2D eigenvalue weighted by molar-refractivity contribution is 0.0742. The highest BCUT2D eigenvalue weighted by atomic mass is 19.1. The predicted molar refractivity (Wildman–Crippen MR) is 75.3 cm³/mol. The number of hydrogen-bond acceptors (Lipinski definition) is 3. The fourth-order valence-corrected chi connectivity index (χ4v) is 2.43. The molecule has 110 valence electrons. The van der Waals surface area contributed by atoms with Crippen LogP contribution in [0.5, 0.6) is 0 Å². The van der Waals surface area contributed by atoms with Gasteiger partial charge in [-0.25, -0.2) is 4.39 Å². The van der Waals surface area contributed by atoms with Gasteiger partial charge in [0.25, 0.3) is 5.91 Å². The summed E-state index contributed by atoms with van der Waals surface area (Å²) in [7, 11) is 0. The van der Waals surface area contributed by atoms with E-state index >= 15 is 0 Å². The summed E-state index contributed by atoms with van der Waals surface area (Å²) in [5.74, 6) is -0.447. The second-order valence-electron chi connectivity index (χ2n) is 4.93. The molecule has 0 atom stereocenters.